The number of hydrogen-bond acceptors (Lipinski definition) is 2. The Balaban J connectivity index is 1.77. The van der Waals surface area contributed by atoms with Crippen LogP contribution in [-0.2, 0) is 13.0 Å². The number of rotatable bonds is 5. The minimum atomic E-state index is 0.765. The van der Waals surface area contributed by atoms with E-state index in [4.69, 9.17) is 11.6 Å². The highest BCUT2D eigenvalue weighted by Crippen LogP contribution is 2.24. The third-order valence-electron chi connectivity index (χ3n) is 3.43. The van der Waals surface area contributed by atoms with Crippen LogP contribution in [0.5, 0.6) is 0 Å². The van der Waals surface area contributed by atoms with Crippen LogP contribution in [0.25, 0.3) is 0 Å². The van der Waals surface area contributed by atoms with Crippen molar-refractivity contribution in [3.63, 3.8) is 0 Å². The lowest BCUT2D eigenvalue weighted by molar-refractivity contribution is 0.237. The van der Waals surface area contributed by atoms with Gasteiger partial charge < -0.3 is 0 Å². The molecule has 1 aromatic heterocycles. The molecule has 0 saturated heterocycles. The molecule has 1 aliphatic rings. The molecule has 0 amide bonds. The van der Waals surface area contributed by atoms with E-state index < -0.39 is 0 Å². The minimum absolute atomic E-state index is 0.765. The molecule has 0 spiro atoms. The highest BCUT2D eigenvalue weighted by Gasteiger charge is 2.17. The van der Waals surface area contributed by atoms with E-state index in [1.54, 1.807) is 10.4 Å². The fourth-order valence-corrected chi connectivity index (χ4v) is 3.49. The summed E-state index contributed by atoms with van der Waals surface area (Å²) in [6, 6.07) is 2.29. The molecule has 0 radical (unpaired) electrons. The molecule has 0 fully saturated rings. The second-order valence-electron chi connectivity index (χ2n) is 4.77. The van der Waals surface area contributed by atoms with Gasteiger partial charge in [0.25, 0.3) is 0 Å². The van der Waals surface area contributed by atoms with Gasteiger partial charge in [0.15, 0.2) is 0 Å². The lowest BCUT2D eigenvalue weighted by Crippen LogP contribution is -2.31. The second-order valence-corrected chi connectivity index (χ2v) is 6.15. The molecule has 16 heavy (non-hydrogen) atoms. The number of halogens is 1. The standard InChI is InChI=1S/C13H20ClNS/c1-11(2-6-14)3-7-15-8-4-13-12(10-15)5-9-16-13/h5,9,11H,2-4,6-8,10H2,1H3. The average Bonchev–Trinajstić information content (AvgIpc) is 2.74. The fourth-order valence-electron chi connectivity index (χ4n) is 2.23. The molecule has 2 heterocycles. The summed E-state index contributed by atoms with van der Waals surface area (Å²) in [4.78, 5) is 4.19. The van der Waals surface area contributed by atoms with E-state index >= 15 is 0 Å². The van der Waals surface area contributed by atoms with E-state index in [1.807, 2.05) is 11.3 Å². The Morgan fingerprint density at radius 1 is 1.50 bits per heavy atom. The summed E-state index contributed by atoms with van der Waals surface area (Å²) in [5, 5.41) is 2.23. The Morgan fingerprint density at radius 3 is 3.19 bits per heavy atom. The van der Waals surface area contributed by atoms with Gasteiger partial charge in [-0.1, -0.05) is 6.92 Å². The Bertz CT molecular complexity index is 323. The first-order valence-electron chi connectivity index (χ1n) is 6.13. The molecular weight excluding hydrogens is 238 g/mol. The molecule has 2 rings (SSSR count). The Kier molecular flexibility index (Phi) is 4.68. The van der Waals surface area contributed by atoms with Gasteiger partial charge in [-0.3, -0.25) is 4.90 Å². The zero-order chi connectivity index (χ0) is 11.4. The van der Waals surface area contributed by atoms with Crippen molar-refractivity contribution in [2.75, 3.05) is 19.0 Å². The molecule has 90 valence electrons. The molecule has 3 heteroatoms. The van der Waals surface area contributed by atoms with Crippen LogP contribution in [0.3, 0.4) is 0 Å². The number of nitrogens with zero attached hydrogens (tertiary/aromatic N) is 1. The predicted octanol–water partition coefficient (Wildman–Crippen LogP) is 3.76. The second kappa shape index (κ2) is 6.04. The molecular formula is C13H20ClNS. The van der Waals surface area contributed by atoms with Gasteiger partial charge in [0.1, 0.15) is 0 Å². The molecule has 0 aromatic carbocycles. The Hall–Kier alpha value is -0.0500. The summed E-state index contributed by atoms with van der Waals surface area (Å²) in [5.41, 5.74) is 1.56. The lowest BCUT2D eigenvalue weighted by atomic mass is 10.0. The van der Waals surface area contributed by atoms with Gasteiger partial charge in [-0.25, -0.2) is 0 Å². The molecule has 1 aliphatic heterocycles. The predicted molar refractivity (Wildman–Crippen MR) is 72.4 cm³/mol. The third kappa shape index (κ3) is 3.22. The van der Waals surface area contributed by atoms with Gasteiger partial charge >= 0.3 is 0 Å². The normalized spacial score (nSPS) is 18.4. The van der Waals surface area contributed by atoms with Crippen molar-refractivity contribution < 1.29 is 0 Å². The van der Waals surface area contributed by atoms with Gasteiger partial charge in [-0.2, -0.15) is 0 Å². The van der Waals surface area contributed by atoms with Crippen molar-refractivity contribution in [3.8, 4) is 0 Å². The SMILES string of the molecule is CC(CCCl)CCN1CCc2sccc2C1. The van der Waals surface area contributed by atoms with E-state index in [0.29, 0.717) is 0 Å². The van der Waals surface area contributed by atoms with Gasteiger partial charge in [-0.15, -0.1) is 22.9 Å². The smallest absolute Gasteiger partial charge is 0.0244 e. The monoisotopic (exact) mass is 257 g/mol. The van der Waals surface area contributed by atoms with E-state index in [-0.39, 0.29) is 0 Å². The van der Waals surface area contributed by atoms with E-state index in [2.05, 4.69) is 23.3 Å². The van der Waals surface area contributed by atoms with Crippen LogP contribution in [0.15, 0.2) is 11.4 Å². The summed E-state index contributed by atoms with van der Waals surface area (Å²) in [6.07, 6.45) is 3.68. The summed E-state index contributed by atoms with van der Waals surface area (Å²) >= 11 is 7.67. The molecule has 1 aromatic rings. The highest BCUT2D eigenvalue weighted by molar-refractivity contribution is 7.10. The first-order valence-corrected chi connectivity index (χ1v) is 7.54. The fraction of sp³-hybridized carbons (Fsp3) is 0.692. The van der Waals surface area contributed by atoms with Gasteiger partial charge in [-0.05, 0) is 48.7 Å². The number of hydrogen-bond donors (Lipinski definition) is 0. The molecule has 1 atom stereocenters. The van der Waals surface area contributed by atoms with E-state index in [1.165, 1.54) is 25.9 Å². The first kappa shape index (κ1) is 12.4. The zero-order valence-electron chi connectivity index (χ0n) is 9.92. The van der Waals surface area contributed by atoms with Crippen LogP contribution in [0.2, 0.25) is 0 Å². The third-order valence-corrected chi connectivity index (χ3v) is 4.67. The summed E-state index contributed by atoms with van der Waals surface area (Å²) in [7, 11) is 0. The van der Waals surface area contributed by atoms with Crippen molar-refractivity contribution in [2.45, 2.75) is 32.7 Å². The van der Waals surface area contributed by atoms with Crippen molar-refractivity contribution in [1.82, 2.24) is 4.90 Å². The van der Waals surface area contributed by atoms with Crippen molar-refractivity contribution >= 4 is 22.9 Å². The number of thiophene rings is 1. The minimum Gasteiger partial charge on any atom is -0.299 e. The largest absolute Gasteiger partial charge is 0.299 e. The molecule has 0 aliphatic carbocycles. The van der Waals surface area contributed by atoms with Crippen LogP contribution in [0.4, 0.5) is 0 Å². The van der Waals surface area contributed by atoms with Crippen LogP contribution < -0.4 is 0 Å². The zero-order valence-corrected chi connectivity index (χ0v) is 11.5. The lowest BCUT2D eigenvalue weighted by Gasteiger charge is -2.27. The van der Waals surface area contributed by atoms with Crippen molar-refractivity contribution in [3.05, 3.63) is 21.9 Å². The number of fused-ring (bicyclic) bond motifs is 1. The van der Waals surface area contributed by atoms with Crippen LogP contribution in [-0.4, -0.2) is 23.9 Å². The first-order chi connectivity index (χ1) is 7.79. The Morgan fingerprint density at radius 2 is 2.38 bits per heavy atom. The quantitative estimate of drug-likeness (QED) is 0.726. The topological polar surface area (TPSA) is 3.24 Å². The summed E-state index contributed by atoms with van der Waals surface area (Å²) in [6.45, 7) is 5.93. The maximum absolute atomic E-state index is 5.76. The summed E-state index contributed by atoms with van der Waals surface area (Å²) in [5.74, 6) is 1.57. The van der Waals surface area contributed by atoms with Gasteiger partial charge in [0.2, 0.25) is 0 Å². The van der Waals surface area contributed by atoms with E-state index in [0.717, 1.165) is 24.8 Å². The van der Waals surface area contributed by atoms with Crippen LogP contribution in [0.1, 0.15) is 30.2 Å². The maximum atomic E-state index is 5.76. The van der Waals surface area contributed by atoms with Crippen LogP contribution >= 0.6 is 22.9 Å². The molecule has 1 nitrogen and oxygen atoms in total. The Labute approximate surface area is 107 Å². The summed E-state index contributed by atoms with van der Waals surface area (Å²) < 4.78 is 0. The molecule has 0 N–H and O–H groups in total. The van der Waals surface area contributed by atoms with Crippen molar-refractivity contribution in [2.24, 2.45) is 5.92 Å². The molecule has 0 saturated carbocycles. The van der Waals surface area contributed by atoms with E-state index in [9.17, 15) is 0 Å². The van der Waals surface area contributed by atoms with Gasteiger partial charge in [0.05, 0.1) is 0 Å². The number of alkyl halides is 1. The molecule has 1 unspecified atom stereocenters. The average molecular weight is 258 g/mol. The maximum Gasteiger partial charge on any atom is 0.0244 e. The van der Waals surface area contributed by atoms with Crippen LogP contribution in [0, 0.1) is 5.92 Å². The van der Waals surface area contributed by atoms with Crippen molar-refractivity contribution in [1.29, 1.82) is 0 Å². The molecule has 0 bridgehead atoms. The highest BCUT2D eigenvalue weighted by atomic mass is 35.5. The van der Waals surface area contributed by atoms with Gasteiger partial charge in [0, 0.05) is 23.8 Å².